The Morgan fingerprint density at radius 2 is 1.93 bits per heavy atom. The summed E-state index contributed by atoms with van der Waals surface area (Å²) in [6, 6.07) is 12.7. The van der Waals surface area contributed by atoms with Gasteiger partial charge in [-0.3, -0.25) is 4.79 Å². The van der Waals surface area contributed by atoms with Gasteiger partial charge in [0.25, 0.3) is 5.91 Å². The summed E-state index contributed by atoms with van der Waals surface area (Å²) >= 11 is 7.47. The van der Waals surface area contributed by atoms with Crippen LogP contribution < -0.4 is 14.3 Å². The lowest BCUT2D eigenvalue weighted by Crippen LogP contribution is -2.19. The molecular formula is C20H19ClN2O3S. The number of hydrogen-bond acceptors (Lipinski definition) is 4. The van der Waals surface area contributed by atoms with Crippen LogP contribution in [0.25, 0.3) is 10.2 Å². The van der Waals surface area contributed by atoms with E-state index in [1.165, 1.54) is 11.3 Å². The number of halogens is 1. The van der Waals surface area contributed by atoms with Crippen LogP contribution in [0.1, 0.15) is 6.92 Å². The van der Waals surface area contributed by atoms with Crippen LogP contribution in [0.4, 0.5) is 0 Å². The smallest absolute Gasteiger partial charge is 0.286 e. The van der Waals surface area contributed by atoms with Crippen LogP contribution in [0.2, 0.25) is 5.02 Å². The van der Waals surface area contributed by atoms with E-state index in [4.69, 9.17) is 21.1 Å². The fourth-order valence-corrected chi connectivity index (χ4v) is 3.85. The molecule has 2 aromatic carbocycles. The number of hydrogen-bond donors (Lipinski definition) is 0. The van der Waals surface area contributed by atoms with E-state index < -0.39 is 0 Å². The van der Waals surface area contributed by atoms with Crippen LogP contribution in [-0.2, 0) is 11.3 Å². The summed E-state index contributed by atoms with van der Waals surface area (Å²) in [5, 5.41) is 0.645. The molecule has 0 aliphatic carbocycles. The number of allylic oxidation sites excluding steroid dienone is 1. The Morgan fingerprint density at radius 1 is 1.22 bits per heavy atom. The zero-order valence-corrected chi connectivity index (χ0v) is 16.4. The number of rotatable bonds is 7. The van der Waals surface area contributed by atoms with E-state index in [1.54, 1.807) is 30.3 Å². The van der Waals surface area contributed by atoms with E-state index in [1.807, 2.05) is 29.7 Å². The Morgan fingerprint density at radius 3 is 2.59 bits per heavy atom. The molecule has 27 heavy (non-hydrogen) atoms. The summed E-state index contributed by atoms with van der Waals surface area (Å²) in [6.45, 7) is 6.70. The van der Waals surface area contributed by atoms with Gasteiger partial charge in [0.05, 0.1) is 16.8 Å². The summed E-state index contributed by atoms with van der Waals surface area (Å²) in [6.07, 6.45) is 1.76. The van der Waals surface area contributed by atoms with Gasteiger partial charge in [-0.1, -0.05) is 29.0 Å². The highest BCUT2D eigenvalue weighted by Gasteiger charge is 2.08. The maximum atomic E-state index is 12.3. The molecule has 0 saturated carbocycles. The van der Waals surface area contributed by atoms with Gasteiger partial charge in [-0.2, -0.15) is 4.99 Å². The van der Waals surface area contributed by atoms with E-state index in [0.29, 0.717) is 28.7 Å². The van der Waals surface area contributed by atoms with Crippen molar-refractivity contribution < 1.29 is 14.3 Å². The second-order valence-electron chi connectivity index (χ2n) is 5.59. The third kappa shape index (κ3) is 4.78. The van der Waals surface area contributed by atoms with Gasteiger partial charge in [0.15, 0.2) is 11.4 Å². The van der Waals surface area contributed by atoms with Crippen LogP contribution >= 0.6 is 22.9 Å². The molecule has 0 aliphatic rings. The maximum Gasteiger partial charge on any atom is 0.286 e. The molecule has 1 heterocycles. The summed E-state index contributed by atoms with van der Waals surface area (Å²) in [5.74, 6) is 0.985. The van der Waals surface area contributed by atoms with Crippen molar-refractivity contribution in [2.75, 3.05) is 13.2 Å². The largest absolute Gasteiger partial charge is 0.494 e. The summed E-state index contributed by atoms with van der Waals surface area (Å²) < 4.78 is 13.8. The molecule has 7 heteroatoms. The Hall–Kier alpha value is -2.57. The highest BCUT2D eigenvalue weighted by atomic mass is 35.5. The predicted octanol–water partition coefficient (Wildman–Crippen LogP) is 4.45. The third-order valence-electron chi connectivity index (χ3n) is 3.67. The van der Waals surface area contributed by atoms with Crippen LogP contribution in [0.5, 0.6) is 11.5 Å². The average molecular weight is 403 g/mol. The number of carbonyl (C=O) groups is 1. The van der Waals surface area contributed by atoms with E-state index in [9.17, 15) is 4.79 Å². The van der Waals surface area contributed by atoms with Gasteiger partial charge in [-0.05, 0) is 49.4 Å². The van der Waals surface area contributed by atoms with Crippen molar-refractivity contribution in [3.63, 3.8) is 0 Å². The number of benzene rings is 2. The topological polar surface area (TPSA) is 52.8 Å². The van der Waals surface area contributed by atoms with E-state index in [-0.39, 0.29) is 12.5 Å². The zero-order valence-electron chi connectivity index (χ0n) is 14.9. The summed E-state index contributed by atoms with van der Waals surface area (Å²) in [4.78, 5) is 17.1. The Bertz CT molecular complexity index is 1020. The first kappa shape index (κ1) is 19.2. The number of carbonyl (C=O) groups excluding carboxylic acids is 1. The first-order chi connectivity index (χ1) is 13.1. The minimum atomic E-state index is -0.362. The number of nitrogens with zero attached hydrogens (tertiary/aromatic N) is 2. The van der Waals surface area contributed by atoms with Crippen molar-refractivity contribution in [3.05, 3.63) is 64.9 Å². The minimum absolute atomic E-state index is 0.142. The van der Waals surface area contributed by atoms with Gasteiger partial charge in [0.1, 0.15) is 11.5 Å². The molecule has 140 valence electrons. The Balaban J connectivity index is 1.78. The van der Waals surface area contributed by atoms with Crippen LogP contribution in [0.15, 0.2) is 60.1 Å². The first-order valence-electron chi connectivity index (χ1n) is 8.43. The molecule has 0 N–H and O–H groups in total. The molecule has 1 aromatic heterocycles. The van der Waals surface area contributed by atoms with Gasteiger partial charge < -0.3 is 14.0 Å². The molecule has 0 spiro atoms. The maximum absolute atomic E-state index is 12.3. The lowest BCUT2D eigenvalue weighted by Gasteiger charge is -2.06. The molecule has 0 bridgehead atoms. The van der Waals surface area contributed by atoms with E-state index in [2.05, 4.69) is 11.6 Å². The van der Waals surface area contributed by atoms with Crippen molar-refractivity contribution in [2.45, 2.75) is 13.5 Å². The molecule has 5 nitrogen and oxygen atoms in total. The number of fused-ring (bicyclic) bond motifs is 1. The number of ether oxygens (including phenoxy) is 2. The molecule has 0 saturated heterocycles. The van der Waals surface area contributed by atoms with E-state index in [0.717, 1.165) is 16.0 Å². The summed E-state index contributed by atoms with van der Waals surface area (Å²) in [5.41, 5.74) is 0.961. The molecule has 0 fully saturated rings. The van der Waals surface area contributed by atoms with Gasteiger partial charge >= 0.3 is 0 Å². The van der Waals surface area contributed by atoms with Crippen molar-refractivity contribution in [2.24, 2.45) is 4.99 Å². The fraction of sp³-hybridized carbons (Fsp3) is 0.200. The van der Waals surface area contributed by atoms with Crippen LogP contribution in [0.3, 0.4) is 0 Å². The fourth-order valence-electron chi connectivity index (χ4n) is 2.52. The Labute approximate surface area is 166 Å². The second-order valence-corrected chi connectivity index (χ2v) is 7.04. The monoisotopic (exact) mass is 402 g/mol. The van der Waals surface area contributed by atoms with Crippen molar-refractivity contribution >= 4 is 39.1 Å². The van der Waals surface area contributed by atoms with Crippen LogP contribution in [-0.4, -0.2) is 23.7 Å². The second kappa shape index (κ2) is 8.88. The lowest BCUT2D eigenvalue weighted by molar-refractivity contribution is -0.120. The van der Waals surface area contributed by atoms with Gasteiger partial charge in [-0.15, -0.1) is 6.58 Å². The van der Waals surface area contributed by atoms with Gasteiger partial charge in [0.2, 0.25) is 0 Å². The minimum Gasteiger partial charge on any atom is -0.494 e. The van der Waals surface area contributed by atoms with E-state index >= 15 is 0 Å². The third-order valence-corrected chi connectivity index (χ3v) is 4.95. The average Bonchev–Trinajstić information content (AvgIpc) is 2.98. The molecule has 3 rings (SSSR count). The van der Waals surface area contributed by atoms with Crippen molar-refractivity contribution in [1.29, 1.82) is 0 Å². The summed E-state index contributed by atoms with van der Waals surface area (Å²) in [7, 11) is 0. The quantitative estimate of drug-likeness (QED) is 0.549. The Kier molecular flexibility index (Phi) is 6.32. The predicted molar refractivity (Wildman–Crippen MR) is 109 cm³/mol. The standard InChI is InChI=1S/C20H19ClN2O3S/c1-3-11-23-17-10-5-14(21)12-18(17)27-20(23)22-19(24)13-26-16-8-6-15(7-9-16)25-4-2/h3,5-10,12H,1,4,11,13H2,2H3. The molecule has 0 atom stereocenters. The van der Waals surface area contributed by atoms with Gasteiger partial charge in [0, 0.05) is 11.6 Å². The zero-order chi connectivity index (χ0) is 19.2. The first-order valence-corrected chi connectivity index (χ1v) is 9.63. The SMILES string of the molecule is C=CCn1c(=NC(=O)COc2ccc(OCC)cc2)sc2cc(Cl)ccc21. The number of thiazole rings is 1. The molecule has 0 radical (unpaired) electrons. The van der Waals surface area contributed by atoms with Crippen LogP contribution in [0, 0.1) is 0 Å². The molecule has 1 amide bonds. The highest BCUT2D eigenvalue weighted by Crippen LogP contribution is 2.22. The molecule has 0 unspecified atom stereocenters. The molecular weight excluding hydrogens is 384 g/mol. The highest BCUT2D eigenvalue weighted by molar-refractivity contribution is 7.16. The van der Waals surface area contributed by atoms with Gasteiger partial charge in [-0.25, -0.2) is 0 Å². The number of amides is 1. The molecule has 0 aliphatic heterocycles. The number of aromatic nitrogens is 1. The van der Waals surface area contributed by atoms with Crippen molar-refractivity contribution in [1.82, 2.24) is 4.57 Å². The van der Waals surface area contributed by atoms with Crippen molar-refractivity contribution in [3.8, 4) is 11.5 Å². The molecule has 3 aromatic rings. The normalized spacial score (nSPS) is 11.6. The lowest BCUT2D eigenvalue weighted by atomic mass is 10.3.